The van der Waals surface area contributed by atoms with Crippen LogP contribution in [0.25, 0.3) is 0 Å². The highest BCUT2D eigenvalue weighted by Gasteiger charge is 2.34. The third-order valence-electron chi connectivity index (χ3n) is 4.16. The number of carbonyl (C=O) groups excluding carboxylic acids is 1. The summed E-state index contributed by atoms with van der Waals surface area (Å²) in [6.45, 7) is 0.644. The molecule has 0 aromatic carbocycles. The zero-order valence-corrected chi connectivity index (χ0v) is 16.0. The average Bonchev–Trinajstić information content (AvgIpc) is 2.64. The molecule has 136 valence electrons. The number of likely N-dealkylation sites (tertiary alicyclic amines) is 1. The van der Waals surface area contributed by atoms with E-state index in [1.165, 1.54) is 16.0 Å². The van der Waals surface area contributed by atoms with Gasteiger partial charge in [0, 0.05) is 30.0 Å². The molecule has 2 aromatic heterocycles. The van der Waals surface area contributed by atoms with Crippen molar-refractivity contribution >= 4 is 45.3 Å². The van der Waals surface area contributed by atoms with E-state index in [1.54, 1.807) is 30.5 Å². The molecule has 1 fully saturated rings. The van der Waals surface area contributed by atoms with Crippen molar-refractivity contribution in [1.82, 2.24) is 14.9 Å². The lowest BCUT2D eigenvalue weighted by molar-refractivity contribution is 0.0937. The van der Waals surface area contributed by atoms with Crippen molar-refractivity contribution in [2.24, 2.45) is 0 Å². The number of halogens is 2. The lowest BCUT2D eigenvalue weighted by Gasteiger charge is -2.37. The van der Waals surface area contributed by atoms with Gasteiger partial charge in [-0.2, -0.15) is 0 Å². The summed E-state index contributed by atoms with van der Waals surface area (Å²) in [5, 5.41) is 9.64. The SMILES string of the molecule is O=C(O)N1CCC[C@@H](N(C(=O)c2ccc(Br)cn2)c2ncccc2Cl)C1. The number of pyridine rings is 2. The summed E-state index contributed by atoms with van der Waals surface area (Å²) in [7, 11) is 0. The van der Waals surface area contributed by atoms with Crippen LogP contribution in [0.15, 0.2) is 41.1 Å². The molecule has 1 aliphatic heterocycles. The van der Waals surface area contributed by atoms with Gasteiger partial charge in [-0.05, 0) is 53.0 Å². The lowest BCUT2D eigenvalue weighted by atomic mass is 10.0. The van der Waals surface area contributed by atoms with E-state index >= 15 is 0 Å². The molecule has 0 unspecified atom stereocenters. The van der Waals surface area contributed by atoms with Gasteiger partial charge in [-0.25, -0.2) is 14.8 Å². The molecule has 1 saturated heterocycles. The van der Waals surface area contributed by atoms with E-state index in [9.17, 15) is 14.7 Å². The predicted octanol–water partition coefficient (Wildman–Crippen LogP) is 3.68. The fourth-order valence-corrected chi connectivity index (χ4v) is 3.40. The van der Waals surface area contributed by atoms with E-state index in [4.69, 9.17) is 11.6 Å². The number of aromatic nitrogens is 2. The predicted molar refractivity (Wildman–Crippen MR) is 101 cm³/mol. The van der Waals surface area contributed by atoms with E-state index in [0.29, 0.717) is 30.2 Å². The fraction of sp³-hybridized carbons (Fsp3) is 0.294. The molecule has 1 N–H and O–H groups in total. The van der Waals surface area contributed by atoms with E-state index in [2.05, 4.69) is 25.9 Å². The molecule has 9 heteroatoms. The average molecular weight is 440 g/mol. The highest BCUT2D eigenvalue weighted by atomic mass is 79.9. The standard InChI is InChI=1S/C17H16BrClN4O3/c18-11-5-6-14(21-9-11)16(24)23(15-13(19)4-1-7-20-15)12-3-2-8-22(10-12)17(25)26/h1,4-7,9,12H,2-3,8,10H2,(H,25,26)/t12-/m1/s1. The first-order chi connectivity index (χ1) is 12.5. The number of rotatable bonds is 3. The molecule has 2 amide bonds. The molecule has 7 nitrogen and oxygen atoms in total. The van der Waals surface area contributed by atoms with Crippen LogP contribution in [0.4, 0.5) is 10.6 Å². The van der Waals surface area contributed by atoms with Gasteiger partial charge in [0.1, 0.15) is 5.69 Å². The van der Waals surface area contributed by atoms with Crippen molar-refractivity contribution < 1.29 is 14.7 Å². The van der Waals surface area contributed by atoms with Gasteiger partial charge in [-0.3, -0.25) is 9.69 Å². The highest BCUT2D eigenvalue weighted by molar-refractivity contribution is 9.10. The van der Waals surface area contributed by atoms with Gasteiger partial charge in [0.15, 0.2) is 5.82 Å². The van der Waals surface area contributed by atoms with Crippen molar-refractivity contribution in [3.63, 3.8) is 0 Å². The van der Waals surface area contributed by atoms with Crippen LogP contribution in [0, 0.1) is 0 Å². The third kappa shape index (κ3) is 3.96. The Hall–Kier alpha value is -2.19. The summed E-state index contributed by atoms with van der Waals surface area (Å²) in [6.07, 6.45) is 3.39. The second-order valence-corrected chi connectivity index (χ2v) is 7.19. The largest absolute Gasteiger partial charge is 0.465 e. The van der Waals surface area contributed by atoms with Crippen molar-refractivity contribution in [3.05, 3.63) is 51.8 Å². The van der Waals surface area contributed by atoms with Crippen LogP contribution in [0.3, 0.4) is 0 Å². The molecule has 1 aliphatic rings. The monoisotopic (exact) mass is 438 g/mol. The van der Waals surface area contributed by atoms with Crippen LogP contribution in [0.5, 0.6) is 0 Å². The van der Waals surface area contributed by atoms with E-state index in [1.807, 2.05) is 0 Å². The summed E-state index contributed by atoms with van der Waals surface area (Å²) in [4.78, 5) is 35.7. The molecule has 1 atom stereocenters. The van der Waals surface area contributed by atoms with Crippen molar-refractivity contribution in [1.29, 1.82) is 0 Å². The van der Waals surface area contributed by atoms with Gasteiger partial charge in [-0.15, -0.1) is 0 Å². The minimum Gasteiger partial charge on any atom is -0.465 e. The molecular weight excluding hydrogens is 424 g/mol. The van der Waals surface area contributed by atoms with E-state index < -0.39 is 6.09 Å². The van der Waals surface area contributed by atoms with E-state index in [0.717, 1.165) is 4.47 Å². The van der Waals surface area contributed by atoms with Crippen LogP contribution in [-0.2, 0) is 0 Å². The first-order valence-electron chi connectivity index (χ1n) is 8.01. The molecule has 0 spiro atoms. The van der Waals surface area contributed by atoms with Crippen molar-refractivity contribution in [3.8, 4) is 0 Å². The summed E-state index contributed by atoms with van der Waals surface area (Å²) < 4.78 is 0.756. The van der Waals surface area contributed by atoms with Crippen LogP contribution in [-0.4, -0.2) is 51.1 Å². The first-order valence-corrected chi connectivity index (χ1v) is 9.18. The van der Waals surface area contributed by atoms with Crippen molar-refractivity contribution in [2.75, 3.05) is 18.0 Å². The van der Waals surface area contributed by atoms with Gasteiger partial charge < -0.3 is 10.0 Å². The Bertz CT molecular complexity index is 818. The number of carbonyl (C=O) groups is 2. The van der Waals surface area contributed by atoms with Crippen molar-refractivity contribution in [2.45, 2.75) is 18.9 Å². The smallest absolute Gasteiger partial charge is 0.407 e. The van der Waals surface area contributed by atoms with E-state index in [-0.39, 0.29) is 24.2 Å². The normalized spacial score (nSPS) is 17.0. The molecule has 2 aromatic rings. The van der Waals surface area contributed by atoms with Crippen LogP contribution < -0.4 is 4.90 Å². The summed E-state index contributed by atoms with van der Waals surface area (Å²) in [5.74, 6) is -0.0588. The maximum Gasteiger partial charge on any atom is 0.407 e. The lowest BCUT2D eigenvalue weighted by Crippen LogP contribution is -2.52. The van der Waals surface area contributed by atoms with Crippen LogP contribution in [0.1, 0.15) is 23.3 Å². The minimum atomic E-state index is -1.00. The van der Waals surface area contributed by atoms with Gasteiger partial charge in [0.2, 0.25) is 0 Å². The van der Waals surface area contributed by atoms with Gasteiger partial charge in [0.25, 0.3) is 5.91 Å². The Morgan fingerprint density at radius 1 is 1.31 bits per heavy atom. The van der Waals surface area contributed by atoms with Gasteiger partial charge in [0.05, 0.1) is 11.1 Å². The summed E-state index contributed by atoms with van der Waals surface area (Å²) >= 11 is 9.58. The fourth-order valence-electron chi connectivity index (χ4n) is 2.95. The summed E-state index contributed by atoms with van der Waals surface area (Å²) in [6, 6.07) is 6.29. The topological polar surface area (TPSA) is 86.6 Å². The number of nitrogens with zero attached hydrogens (tertiary/aromatic N) is 4. The maximum atomic E-state index is 13.2. The minimum absolute atomic E-state index is 0.199. The number of hydrogen-bond acceptors (Lipinski definition) is 4. The molecule has 0 radical (unpaired) electrons. The Labute approximate surface area is 163 Å². The number of carboxylic acid groups (broad SMARTS) is 1. The number of hydrogen-bond donors (Lipinski definition) is 1. The second kappa shape index (κ2) is 8.01. The molecule has 0 aliphatic carbocycles. The number of amides is 2. The molecule has 26 heavy (non-hydrogen) atoms. The number of piperidine rings is 1. The molecular formula is C17H16BrClN4O3. The van der Waals surface area contributed by atoms with Crippen LogP contribution in [0.2, 0.25) is 5.02 Å². The second-order valence-electron chi connectivity index (χ2n) is 5.87. The molecule has 0 bridgehead atoms. The molecule has 3 heterocycles. The summed E-state index contributed by atoms with van der Waals surface area (Å²) in [5.41, 5.74) is 0.238. The molecule has 0 saturated carbocycles. The number of anilines is 1. The maximum absolute atomic E-state index is 13.2. The Balaban J connectivity index is 1.99. The van der Waals surface area contributed by atoms with Crippen LogP contribution >= 0.6 is 27.5 Å². The molecule has 3 rings (SSSR count). The quantitative estimate of drug-likeness (QED) is 0.788. The highest BCUT2D eigenvalue weighted by Crippen LogP contribution is 2.29. The zero-order chi connectivity index (χ0) is 18.7. The zero-order valence-electron chi connectivity index (χ0n) is 13.7. The Kier molecular flexibility index (Phi) is 5.73. The third-order valence-corrected chi connectivity index (χ3v) is 4.93. The Morgan fingerprint density at radius 2 is 2.12 bits per heavy atom. The Morgan fingerprint density at radius 3 is 2.77 bits per heavy atom. The van der Waals surface area contributed by atoms with Gasteiger partial charge >= 0.3 is 6.09 Å². The van der Waals surface area contributed by atoms with Gasteiger partial charge in [-0.1, -0.05) is 11.6 Å². The first kappa shape index (κ1) is 18.6.